The molecule has 6 aromatic heterocycles. The second-order valence-electron chi connectivity index (χ2n) is 8.14. The van der Waals surface area contributed by atoms with Crippen molar-refractivity contribution in [3.63, 3.8) is 0 Å². The van der Waals surface area contributed by atoms with Crippen LogP contribution in [-0.4, -0.2) is 39.0 Å². The quantitative estimate of drug-likeness (QED) is 0.277. The molecule has 6 aromatic rings. The zero-order valence-corrected chi connectivity index (χ0v) is 20.6. The van der Waals surface area contributed by atoms with Gasteiger partial charge in [0.15, 0.2) is 0 Å². The molecule has 0 amide bonds. The minimum absolute atomic E-state index is 0. The van der Waals surface area contributed by atoms with Gasteiger partial charge in [-0.05, 0) is 37.0 Å². The van der Waals surface area contributed by atoms with Gasteiger partial charge in [-0.25, -0.2) is 0 Å². The number of pyridine rings is 2. The molecule has 0 aliphatic heterocycles. The summed E-state index contributed by atoms with van der Waals surface area (Å²) < 4.78 is 3.65. The SMILES string of the molecule is CC(C)(c1cccc(-n2[c-]cc3nccnc32)n1)c1cccc(-n2[c-]cc3nccnc32)n1.[Pt+2]. The fraction of sp³-hybridized carbons (Fsp3) is 0.120. The van der Waals surface area contributed by atoms with Crippen molar-refractivity contribution >= 4 is 22.3 Å². The number of rotatable bonds is 4. The first-order valence-corrected chi connectivity index (χ1v) is 10.5. The van der Waals surface area contributed by atoms with Crippen molar-refractivity contribution in [3.05, 3.63) is 97.1 Å². The molecule has 0 saturated heterocycles. The second-order valence-corrected chi connectivity index (χ2v) is 8.14. The van der Waals surface area contributed by atoms with Gasteiger partial charge in [0.1, 0.15) is 0 Å². The summed E-state index contributed by atoms with van der Waals surface area (Å²) in [5, 5.41) is 0. The van der Waals surface area contributed by atoms with Gasteiger partial charge in [0.05, 0.1) is 11.6 Å². The number of nitrogens with zero attached hydrogens (tertiary/aromatic N) is 8. The Morgan fingerprint density at radius 3 is 1.56 bits per heavy atom. The molecule has 0 aliphatic carbocycles. The third-order valence-corrected chi connectivity index (χ3v) is 5.70. The van der Waals surface area contributed by atoms with Crippen LogP contribution in [0.2, 0.25) is 0 Å². The van der Waals surface area contributed by atoms with Gasteiger partial charge in [-0.15, -0.1) is 12.1 Å². The van der Waals surface area contributed by atoms with E-state index >= 15 is 0 Å². The summed E-state index contributed by atoms with van der Waals surface area (Å²) in [4.78, 5) is 27.4. The maximum Gasteiger partial charge on any atom is 2.00 e. The molecule has 0 aliphatic rings. The molecule has 6 heterocycles. The third kappa shape index (κ3) is 3.60. The molecule has 6 rings (SSSR count). The minimum Gasteiger partial charge on any atom is -0.413 e. The van der Waals surface area contributed by atoms with Crippen LogP contribution in [-0.2, 0) is 26.5 Å². The number of hydrogen-bond donors (Lipinski definition) is 0. The van der Waals surface area contributed by atoms with E-state index in [2.05, 4.69) is 46.2 Å². The van der Waals surface area contributed by atoms with Crippen LogP contribution in [0.5, 0.6) is 0 Å². The van der Waals surface area contributed by atoms with E-state index in [1.807, 2.05) is 57.7 Å². The van der Waals surface area contributed by atoms with Gasteiger partial charge >= 0.3 is 21.1 Å². The van der Waals surface area contributed by atoms with Gasteiger partial charge in [0, 0.05) is 52.9 Å². The molecule has 0 atom stereocenters. The standard InChI is InChI=1S/C25H18N8.Pt/c1-25(2,19-5-3-7-21(30-19)32-15-9-17-23(32)28-13-11-26-17)20-6-4-8-22(31-20)33-16-10-18-24(33)29-14-12-27-18;/h3-14H,1-2H3;/q-2;+2. The largest absolute Gasteiger partial charge is 2.00 e. The summed E-state index contributed by atoms with van der Waals surface area (Å²) in [5.74, 6) is 1.46. The van der Waals surface area contributed by atoms with Crippen LogP contribution in [0.1, 0.15) is 25.2 Å². The Kier molecular flexibility index (Phi) is 5.54. The van der Waals surface area contributed by atoms with E-state index in [4.69, 9.17) is 9.97 Å². The number of hydrogen-bond acceptors (Lipinski definition) is 6. The summed E-state index contributed by atoms with van der Waals surface area (Å²) in [7, 11) is 0. The van der Waals surface area contributed by atoms with Gasteiger partial charge in [0.25, 0.3) is 0 Å². The summed E-state index contributed by atoms with van der Waals surface area (Å²) in [6, 6.07) is 15.5. The van der Waals surface area contributed by atoms with Crippen molar-refractivity contribution in [2.75, 3.05) is 0 Å². The molecule has 0 N–H and O–H groups in total. The van der Waals surface area contributed by atoms with Crippen molar-refractivity contribution in [3.8, 4) is 11.6 Å². The maximum absolute atomic E-state index is 4.94. The van der Waals surface area contributed by atoms with Crippen LogP contribution < -0.4 is 0 Å². The first-order valence-electron chi connectivity index (χ1n) is 10.5. The number of aromatic nitrogens is 8. The Balaban J connectivity index is 0.00000241. The van der Waals surface area contributed by atoms with Gasteiger partial charge in [-0.1, -0.05) is 36.7 Å². The van der Waals surface area contributed by atoms with Crippen molar-refractivity contribution < 1.29 is 21.1 Å². The molecule has 34 heavy (non-hydrogen) atoms. The molecule has 9 heteroatoms. The van der Waals surface area contributed by atoms with Crippen molar-refractivity contribution in [1.29, 1.82) is 0 Å². The van der Waals surface area contributed by atoms with Crippen LogP contribution in [0.25, 0.3) is 34.0 Å². The molecule has 0 fully saturated rings. The zero-order valence-electron chi connectivity index (χ0n) is 18.3. The third-order valence-electron chi connectivity index (χ3n) is 5.70. The molecule has 0 unspecified atom stereocenters. The fourth-order valence-corrected chi connectivity index (χ4v) is 3.88. The van der Waals surface area contributed by atoms with Crippen molar-refractivity contribution in [2.24, 2.45) is 0 Å². The van der Waals surface area contributed by atoms with Crippen LogP contribution in [0.3, 0.4) is 0 Å². The fourth-order valence-electron chi connectivity index (χ4n) is 3.88. The molecule has 0 spiro atoms. The van der Waals surface area contributed by atoms with E-state index in [-0.39, 0.29) is 21.1 Å². The summed E-state index contributed by atoms with van der Waals surface area (Å²) in [6.45, 7) is 4.22. The van der Waals surface area contributed by atoms with Gasteiger partial charge in [-0.3, -0.25) is 19.9 Å². The average molecular weight is 626 g/mol. The Morgan fingerprint density at radius 2 is 1.09 bits per heavy atom. The molecule has 0 bridgehead atoms. The Bertz CT molecular complexity index is 1500. The molecular weight excluding hydrogens is 607 g/mol. The maximum atomic E-state index is 4.94. The van der Waals surface area contributed by atoms with E-state index < -0.39 is 5.41 Å². The minimum atomic E-state index is -0.463. The van der Waals surface area contributed by atoms with Crippen molar-refractivity contribution in [1.82, 2.24) is 39.0 Å². The molecule has 168 valence electrons. The Hall–Kier alpha value is -3.77. The Labute approximate surface area is 210 Å². The van der Waals surface area contributed by atoms with Crippen LogP contribution in [0, 0.1) is 12.4 Å². The normalized spacial score (nSPS) is 11.6. The van der Waals surface area contributed by atoms with Gasteiger partial charge in [0.2, 0.25) is 0 Å². The smallest absolute Gasteiger partial charge is 0.413 e. The first kappa shape index (κ1) is 22.0. The predicted molar refractivity (Wildman–Crippen MR) is 123 cm³/mol. The van der Waals surface area contributed by atoms with E-state index in [1.54, 1.807) is 24.8 Å². The van der Waals surface area contributed by atoms with Gasteiger partial charge in [-0.2, -0.15) is 0 Å². The van der Waals surface area contributed by atoms with Crippen LogP contribution in [0.4, 0.5) is 0 Å². The molecule has 0 aromatic carbocycles. The molecular formula is C25H18N8Pt. The Morgan fingerprint density at radius 1 is 0.647 bits per heavy atom. The topological polar surface area (TPSA) is 87.2 Å². The summed E-state index contributed by atoms with van der Waals surface area (Å²) in [6.07, 6.45) is 13.0. The van der Waals surface area contributed by atoms with E-state index in [1.165, 1.54) is 0 Å². The van der Waals surface area contributed by atoms with E-state index in [0.717, 1.165) is 45.4 Å². The van der Waals surface area contributed by atoms with E-state index in [0.29, 0.717) is 0 Å². The molecule has 0 radical (unpaired) electrons. The van der Waals surface area contributed by atoms with Gasteiger partial charge < -0.3 is 19.1 Å². The predicted octanol–water partition coefficient (Wildman–Crippen LogP) is 3.87. The van der Waals surface area contributed by atoms with Crippen molar-refractivity contribution in [2.45, 2.75) is 19.3 Å². The summed E-state index contributed by atoms with van der Waals surface area (Å²) >= 11 is 0. The van der Waals surface area contributed by atoms with Crippen LogP contribution in [0.15, 0.2) is 73.3 Å². The summed E-state index contributed by atoms with van der Waals surface area (Å²) in [5.41, 5.74) is 4.28. The monoisotopic (exact) mass is 625 g/mol. The first-order chi connectivity index (χ1) is 16.1. The molecule has 8 nitrogen and oxygen atoms in total. The zero-order chi connectivity index (χ0) is 22.4. The average Bonchev–Trinajstić information content (AvgIpc) is 3.49. The molecule has 0 saturated carbocycles. The van der Waals surface area contributed by atoms with Crippen LogP contribution >= 0.6 is 0 Å². The van der Waals surface area contributed by atoms with E-state index in [9.17, 15) is 0 Å². The second kappa shape index (κ2) is 8.54. The number of fused-ring (bicyclic) bond motifs is 2.